The summed E-state index contributed by atoms with van der Waals surface area (Å²) in [6, 6.07) is 21.9. The van der Waals surface area contributed by atoms with Crippen LogP contribution >= 0.6 is 0 Å². The molecular formula is C30H39Bi. The fourth-order valence-electron chi connectivity index (χ4n) is 4.26. The standard InChI is InChI=1S/3C10H13.Bi/c3*1-8(2)10-6-4-5-9(3)7-10;/h3*4,6-8H,1-3H3;. The Morgan fingerprint density at radius 3 is 0.903 bits per heavy atom. The van der Waals surface area contributed by atoms with Crippen molar-refractivity contribution >= 4 is 31.6 Å². The molecule has 0 spiro atoms. The number of benzene rings is 3. The average molecular weight is 609 g/mol. The van der Waals surface area contributed by atoms with Crippen LogP contribution < -0.4 is 9.81 Å². The van der Waals surface area contributed by atoms with E-state index in [0.717, 1.165) is 0 Å². The Bertz CT molecular complexity index is 919. The molecule has 0 aliphatic carbocycles. The fourth-order valence-corrected chi connectivity index (χ4v) is 14.8. The van der Waals surface area contributed by atoms with Gasteiger partial charge in [0.05, 0.1) is 0 Å². The third-order valence-electron chi connectivity index (χ3n) is 6.39. The molecule has 0 nitrogen and oxygen atoms in total. The zero-order chi connectivity index (χ0) is 22.9. The van der Waals surface area contributed by atoms with Gasteiger partial charge in [0.2, 0.25) is 0 Å². The molecule has 0 atom stereocenters. The van der Waals surface area contributed by atoms with E-state index in [4.69, 9.17) is 0 Å². The zero-order valence-electron chi connectivity index (χ0n) is 20.9. The predicted octanol–water partition coefficient (Wildman–Crippen LogP) is 6.50. The fraction of sp³-hybridized carbons (Fsp3) is 0.400. The summed E-state index contributed by atoms with van der Waals surface area (Å²) < 4.78 is 4.88. The SMILES string of the molecule is Cc1cc(C(C)C)cc[c]1[Bi]([c]1ccc(C(C)C)cc1C)[c]1ccc(C(C)C)cc1C. The van der Waals surface area contributed by atoms with Gasteiger partial charge in [0.1, 0.15) is 0 Å². The second-order valence-corrected chi connectivity index (χ2v) is 18.2. The first-order valence-corrected chi connectivity index (χ1v) is 16.9. The van der Waals surface area contributed by atoms with Crippen molar-refractivity contribution in [2.24, 2.45) is 0 Å². The summed E-state index contributed by atoms with van der Waals surface area (Å²) >= 11 is -2.44. The first-order valence-electron chi connectivity index (χ1n) is 11.7. The first kappa shape index (κ1) is 24.2. The van der Waals surface area contributed by atoms with Gasteiger partial charge in [-0.05, 0) is 0 Å². The van der Waals surface area contributed by atoms with E-state index in [1.54, 1.807) is 9.81 Å². The molecular weight excluding hydrogens is 569 g/mol. The van der Waals surface area contributed by atoms with Crippen LogP contribution in [0.2, 0.25) is 0 Å². The Morgan fingerprint density at radius 2 is 0.710 bits per heavy atom. The minimum absolute atomic E-state index is 0.569. The molecule has 0 amide bonds. The molecule has 0 N–H and O–H groups in total. The van der Waals surface area contributed by atoms with Gasteiger partial charge in [0.25, 0.3) is 0 Å². The Balaban J connectivity index is 2.23. The van der Waals surface area contributed by atoms with Crippen molar-refractivity contribution in [2.75, 3.05) is 0 Å². The van der Waals surface area contributed by atoms with Crippen LogP contribution in [0.4, 0.5) is 0 Å². The van der Waals surface area contributed by atoms with E-state index in [1.165, 1.54) is 33.4 Å². The van der Waals surface area contributed by atoms with Gasteiger partial charge in [-0.2, -0.15) is 0 Å². The van der Waals surface area contributed by atoms with Crippen LogP contribution in [0.3, 0.4) is 0 Å². The molecule has 0 aliphatic rings. The molecule has 3 rings (SSSR count). The molecule has 0 saturated carbocycles. The van der Waals surface area contributed by atoms with Crippen LogP contribution in [-0.2, 0) is 0 Å². The maximum absolute atomic E-state index is 2.47. The normalized spacial score (nSPS) is 11.9. The van der Waals surface area contributed by atoms with Crippen LogP contribution in [0.1, 0.15) is 92.7 Å². The molecule has 31 heavy (non-hydrogen) atoms. The molecule has 0 aromatic heterocycles. The Morgan fingerprint density at radius 1 is 0.452 bits per heavy atom. The third kappa shape index (κ3) is 5.31. The van der Waals surface area contributed by atoms with Gasteiger partial charge in [0.15, 0.2) is 0 Å². The number of hydrogen-bond donors (Lipinski definition) is 0. The van der Waals surface area contributed by atoms with E-state index in [2.05, 4.69) is 117 Å². The summed E-state index contributed by atoms with van der Waals surface area (Å²) in [4.78, 5) is 0. The molecule has 0 radical (unpaired) electrons. The monoisotopic (exact) mass is 608 g/mol. The summed E-state index contributed by atoms with van der Waals surface area (Å²) in [5, 5.41) is 0. The molecule has 0 unspecified atom stereocenters. The van der Waals surface area contributed by atoms with Crippen LogP contribution in [0.15, 0.2) is 54.6 Å². The molecule has 3 aromatic rings. The minimum atomic E-state index is -2.44. The average Bonchev–Trinajstić information content (AvgIpc) is 2.70. The van der Waals surface area contributed by atoms with Crippen molar-refractivity contribution in [3.05, 3.63) is 88.0 Å². The molecule has 0 bridgehead atoms. The van der Waals surface area contributed by atoms with Gasteiger partial charge in [-0.25, -0.2) is 0 Å². The molecule has 164 valence electrons. The second-order valence-electron chi connectivity index (χ2n) is 9.94. The quantitative estimate of drug-likeness (QED) is 0.281. The van der Waals surface area contributed by atoms with E-state index >= 15 is 0 Å². The number of rotatable bonds is 6. The Kier molecular flexibility index (Phi) is 7.80. The summed E-state index contributed by atoms with van der Waals surface area (Å²) in [5.74, 6) is 1.71. The Hall–Kier alpha value is -1.46. The summed E-state index contributed by atoms with van der Waals surface area (Å²) in [6.07, 6.45) is 0. The van der Waals surface area contributed by atoms with Crippen molar-refractivity contribution in [3.8, 4) is 0 Å². The van der Waals surface area contributed by atoms with E-state index in [0.29, 0.717) is 17.8 Å². The third-order valence-corrected chi connectivity index (χ3v) is 17.9. The van der Waals surface area contributed by atoms with E-state index in [9.17, 15) is 0 Å². The van der Waals surface area contributed by atoms with Crippen LogP contribution in [0, 0.1) is 20.8 Å². The molecule has 0 heterocycles. The molecule has 0 aliphatic heterocycles. The number of hydrogen-bond acceptors (Lipinski definition) is 0. The van der Waals surface area contributed by atoms with Gasteiger partial charge in [0, 0.05) is 0 Å². The topological polar surface area (TPSA) is 0 Å². The molecule has 0 saturated heterocycles. The van der Waals surface area contributed by atoms with Crippen molar-refractivity contribution in [1.82, 2.24) is 0 Å². The van der Waals surface area contributed by atoms with E-state index in [-0.39, 0.29) is 0 Å². The van der Waals surface area contributed by atoms with Crippen LogP contribution in [0.25, 0.3) is 0 Å². The van der Waals surface area contributed by atoms with Gasteiger partial charge in [-0.3, -0.25) is 0 Å². The second kappa shape index (κ2) is 10.00. The van der Waals surface area contributed by atoms with Crippen molar-refractivity contribution in [2.45, 2.75) is 80.1 Å². The summed E-state index contributed by atoms with van der Waals surface area (Å²) in [6.45, 7) is 20.7. The van der Waals surface area contributed by atoms with Crippen molar-refractivity contribution in [3.63, 3.8) is 0 Å². The first-order chi connectivity index (χ1) is 14.6. The van der Waals surface area contributed by atoms with Gasteiger partial charge >= 0.3 is 200 Å². The van der Waals surface area contributed by atoms with Crippen molar-refractivity contribution in [1.29, 1.82) is 0 Å². The number of aryl methyl sites for hydroxylation is 3. The van der Waals surface area contributed by atoms with Gasteiger partial charge < -0.3 is 0 Å². The predicted molar refractivity (Wildman–Crippen MR) is 140 cm³/mol. The van der Waals surface area contributed by atoms with Crippen molar-refractivity contribution < 1.29 is 0 Å². The summed E-state index contributed by atoms with van der Waals surface area (Å²) in [5.41, 5.74) is 8.77. The maximum atomic E-state index is 2.47. The molecule has 3 aromatic carbocycles. The summed E-state index contributed by atoms with van der Waals surface area (Å²) in [7, 11) is 0. The van der Waals surface area contributed by atoms with E-state index < -0.39 is 21.8 Å². The van der Waals surface area contributed by atoms with Gasteiger partial charge in [-0.1, -0.05) is 0 Å². The molecule has 0 fully saturated rings. The molecule has 1 heteroatoms. The van der Waals surface area contributed by atoms with Crippen LogP contribution in [-0.4, -0.2) is 21.8 Å². The van der Waals surface area contributed by atoms with E-state index in [1.807, 2.05) is 0 Å². The Labute approximate surface area is 198 Å². The zero-order valence-corrected chi connectivity index (χ0v) is 24.4. The van der Waals surface area contributed by atoms with Crippen LogP contribution in [0.5, 0.6) is 0 Å². The van der Waals surface area contributed by atoms with Gasteiger partial charge in [-0.15, -0.1) is 0 Å².